The van der Waals surface area contributed by atoms with Crippen molar-refractivity contribution in [3.63, 3.8) is 0 Å². The molecule has 0 saturated heterocycles. The SMILES string of the molecule is O=C(COc1ccc(Br)cc1)NN=Cc1cc(Cl)cc(Cl)c1O. The summed E-state index contributed by atoms with van der Waals surface area (Å²) in [5.74, 6) is -0.0523. The lowest BCUT2D eigenvalue weighted by Crippen LogP contribution is -2.24. The molecule has 2 aromatic carbocycles. The number of ether oxygens (including phenoxy) is 1. The number of hydrazone groups is 1. The first-order valence-corrected chi connectivity index (χ1v) is 7.89. The summed E-state index contributed by atoms with van der Waals surface area (Å²) in [6, 6.07) is 9.94. The van der Waals surface area contributed by atoms with Crippen LogP contribution in [0.2, 0.25) is 10.0 Å². The van der Waals surface area contributed by atoms with Gasteiger partial charge in [-0.1, -0.05) is 39.1 Å². The largest absolute Gasteiger partial charge is 0.506 e. The highest BCUT2D eigenvalue weighted by Gasteiger charge is 2.06. The molecule has 8 heteroatoms. The van der Waals surface area contributed by atoms with E-state index in [0.717, 1.165) is 4.47 Å². The van der Waals surface area contributed by atoms with Crippen molar-refractivity contribution in [2.45, 2.75) is 0 Å². The van der Waals surface area contributed by atoms with Gasteiger partial charge in [-0.2, -0.15) is 5.10 Å². The number of hydrogen-bond acceptors (Lipinski definition) is 4. The topological polar surface area (TPSA) is 70.9 Å². The highest BCUT2D eigenvalue weighted by molar-refractivity contribution is 9.10. The highest BCUT2D eigenvalue weighted by Crippen LogP contribution is 2.29. The average molecular weight is 418 g/mol. The Morgan fingerprint density at radius 3 is 2.70 bits per heavy atom. The molecule has 0 fully saturated rings. The molecule has 1 amide bonds. The third kappa shape index (κ3) is 5.42. The van der Waals surface area contributed by atoms with Gasteiger partial charge in [-0.05, 0) is 36.4 Å². The van der Waals surface area contributed by atoms with Crippen molar-refractivity contribution in [1.82, 2.24) is 5.43 Å². The second-order valence-corrected chi connectivity index (χ2v) is 6.12. The van der Waals surface area contributed by atoms with Crippen molar-refractivity contribution in [1.29, 1.82) is 0 Å². The number of nitrogens with zero attached hydrogens (tertiary/aromatic N) is 1. The number of halogens is 3. The van der Waals surface area contributed by atoms with E-state index in [1.54, 1.807) is 24.3 Å². The number of carbonyl (C=O) groups is 1. The van der Waals surface area contributed by atoms with Crippen LogP contribution < -0.4 is 10.2 Å². The fraction of sp³-hybridized carbons (Fsp3) is 0.0667. The van der Waals surface area contributed by atoms with Crippen LogP contribution in [0.3, 0.4) is 0 Å². The predicted molar refractivity (Wildman–Crippen MR) is 93.5 cm³/mol. The van der Waals surface area contributed by atoms with Crippen LogP contribution in [-0.4, -0.2) is 23.8 Å². The van der Waals surface area contributed by atoms with Crippen LogP contribution in [0, 0.1) is 0 Å². The predicted octanol–water partition coefficient (Wildman–Crippen LogP) is 3.99. The smallest absolute Gasteiger partial charge is 0.277 e. The number of rotatable bonds is 5. The second-order valence-electron chi connectivity index (χ2n) is 4.36. The van der Waals surface area contributed by atoms with Gasteiger partial charge in [0.25, 0.3) is 5.91 Å². The molecule has 0 unspecified atom stereocenters. The van der Waals surface area contributed by atoms with Gasteiger partial charge in [0.2, 0.25) is 0 Å². The molecular weight excluding hydrogens is 407 g/mol. The minimum absolute atomic E-state index is 0.101. The number of nitrogens with one attached hydrogen (secondary N) is 1. The van der Waals surface area contributed by atoms with Crippen LogP contribution in [0.25, 0.3) is 0 Å². The van der Waals surface area contributed by atoms with Crippen LogP contribution >= 0.6 is 39.1 Å². The number of hydrogen-bond donors (Lipinski definition) is 2. The van der Waals surface area contributed by atoms with E-state index in [-0.39, 0.29) is 22.9 Å². The van der Waals surface area contributed by atoms with Gasteiger partial charge in [0.05, 0.1) is 11.2 Å². The molecule has 0 aliphatic rings. The lowest BCUT2D eigenvalue weighted by molar-refractivity contribution is -0.123. The molecule has 0 aromatic heterocycles. The Bertz CT molecular complexity index is 736. The normalized spacial score (nSPS) is 10.7. The van der Waals surface area contributed by atoms with Gasteiger partial charge in [0, 0.05) is 15.1 Å². The number of phenolic OH excluding ortho intramolecular Hbond substituents is 1. The average Bonchev–Trinajstić information content (AvgIpc) is 2.51. The zero-order valence-corrected chi connectivity index (χ0v) is 14.7. The first-order chi connectivity index (χ1) is 11.0. The molecule has 5 nitrogen and oxygen atoms in total. The summed E-state index contributed by atoms with van der Waals surface area (Å²) in [5, 5.41) is 13.9. The Labute approximate surface area is 151 Å². The van der Waals surface area contributed by atoms with Crippen LogP contribution in [0.15, 0.2) is 46.0 Å². The van der Waals surface area contributed by atoms with E-state index in [1.807, 2.05) is 0 Å². The molecular formula is C15H11BrCl2N2O3. The Balaban J connectivity index is 1.88. The Morgan fingerprint density at radius 1 is 1.30 bits per heavy atom. The lowest BCUT2D eigenvalue weighted by atomic mass is 10.2. The molecule has 0 aliphatic heterocycles. The summed E-state index contributed by atoms with van der Waals surface area (Å²) < 4.78 is 6.20. The zero-order valence-electron chi connectivity index (χ0n) is 11.6. The van der Waals surface area contributed by atoms with Gasteiger partial charge >= 0.3 is 0 Å². The summed E-state index contributed by atoms with van der Waals surface area (Å²) in [4.78, 5) is 11.6. The fourth-order valence-electron chi connectivity index (χ4n) is 1.57. The fourth-order valence-corrected chi connectivity index (χ4v) is 2.34. The summed E-state index contributed by atoms with van der Waals surface area (Å²) in [6.45, 7) is -0.193. The van der Waals surface area contributed by atoms with E-state index >= 15 is 0 Å². The maximum absolute atomic E-state index is 11.6. The second kappa shape index (κ2) is 8.19. The van der Waals surface area contributed by atoms with Crippen molar-refractivity contribution < 1.29 is 14.6 Å². The minimum Gasteiger partial charge on any atom is -0.506 e. The van der Waals surface area contributed by atoms with E-state index in [0.29, 0.717) is 10.8 Å². The molecule has 0 radical (unpaired) electrons. The third-order valence-electron chi connectivity index (χ3n) is 2.63. The zero-order chi connectivity index (χ0) is 16.8. The molecule has 0 atom stereocenters. The first kappa shape index (κ1) is 17.6. The number of amides is 1. The van der Waals surface area contributed by atoms with E-state index in [9.17, 15) is 9.90 Å². The quantitative estimate of drug-likeness (QED) is 0.570. The molecule has 120 valence electrons. The molecule has 0 aliphatic carbocycles. The number of benzene rings is 2. The molecule has 0 bridgehead atoms. The number of phenols is 1. The van der Waals surface area contributed by atoms with Crippen molar-refractivity contribution >= 4 is 51.3 Å². The van der Waals surface area contributed by atoms with Gasteiger partial charge in [0.15, 0.2) is 6.61 Å². The molecule has 2 N–H and O–H groups in total. The molecule has 23 heavy (non-hydrogen) atoms. The van der Waals surface area contributed by atoms with Crippen LogP contribution in [0.4, 0.5) is 0 Å². The van der Waals surface area contributed by atoms with Gasteiger partial charge < -0.3 is 9.84 Å². The molecule has 2 aromatic rings. The summed E-state index contributed by atoms with van der Waals surface area (Å²) >= 11 is 14.9. The minimum atomic E-state index is -0.447. The van der Waals surface area contributed by atoms with E-state index in [2.05, 4.69) is 26.5 Å². The standard InChI is InChI=1S/C15H11BrCl2N2O3/c16-10-1-3-12(4-2-10)23-8-14(21)20-19-7-9-5-11(17)6-13(18)15(9)22/h1-7,22H,8H2,(H,20,21). The van der Waals surface area contributed by atoms with Crippen LogP contribution in [0.5, 0.6) is 11.5 Å². The van der Waals surface area contributed by atoms with Crippen LogP contribution in [-0.2, 0) is 4.79 Å². The van der Waals surface area contributed by atoms with E-state index in [1.165, 1.54) is 18.3 Å². The molecule has 2 rings (SSSR count). The summed E-state index contributed by atoms with van der Waals surface area (Å²) in [6.07, 6.45) is 1.24. The van der Waals surface area contributed by atoms with Crippen LogP contribution in [0.1, 0.15) is 5.56 Å². The number of carbonyl (C=O) groups excluding carboxylic acids is 1. The Kier molecular flexibility index (Phi) is 6.27. The number of aromatic hydroxyl groups is 1. The lowest BCUT2D eigenvalue weighted by Gasteiger charge is -2.05. The van der Waals surface area contributed by atoms with Crippen molar-refractivity contribution in [2.24, 2.45) is 5.10 Å². The van der Waals surface area contributed by atoms with Gasteiger partial charge in [-0.15, -0.1) is 0 Å². The highest BCUT2D eigenvalue weighted by atomic mass is 79.9. The van der Waals surface area contributed by atoms with Crippen molar-refractivity contribution in [2.75, 3.05) is 6.61 Å². The molecule has 0 spiro atoms. The third-order valence-corrected chi connectivity index (χ3v) is 3.67. The molecule has 0 heterocycles. The van der Waals surface area contributed by atoms with Crippen molar-refractivity contribution in [3.8, 4) is 11.5 Å². The van der Waals surface area contributed by atoms with Gasteiger partial charge in [-0.3, -0.25) is 4.79 Å². The maximum atomic E-state index is 11.6. The molecule has 0 saturated carbocycles. The van der Waals surface area contributed by atoms with E-state index in [4.69, 9.17) is 27.9 Å². The monoisotopic (exact) mass is 416 g/mol. The van der Waals surface area contributed by atoms with Crippen molar-refractivity contribution in [3.05, 3.63) is 56.5 Å². The Hall–Kier alpha value is -1.76. The maximum Gasteiger partial charge on any atom is 0.277 e. The summed E-state index contributed by atoms with van der Waals surface area (Å²) in [7, 11) is 0. The first-order valence-electron chi connectivity index (χ1n) is 6.34. The van der Waals surface area contributed by atoms with E-state index < -0.39 is 5.91 Å². The summed E-state index contributed by atoms with van der Waals surface area (Å²) in [5.41, 5.74) is 2.57. The Morgan fingerprint density at radius 2 is 2.00 bits per heavy atom. The van der Waals surface area contributed by atoms with Gasteiger partial charge in [-0.25, -0.2) is 5.43 Å². The van der Waals surface area contributed by atoms with Gasteiger partial charge in [0.1, 0.15) is 11.5 Å².